The standard InChI is InChI=1S/C13H23NO3/c1-4-9(2)8-14(3)12(15)10-5-6-11(7-10)13(16)17/h9-11H,4-8H2,1-3H3,(H,16,17). The van der Waals surface area contributed by atoms with Gasteiger partial charge >= 0.3 is 5.97 Å². The van der Waals surface area contributed by atoms with Gasteiger partial charge in [-0.05, 0) is 25.2 Å². The zero-order valence-electron chi connectivity index (χ0n) is 11.0. The van der Waals surface area contributed by atoms with E-state index < -0.39 is 5.97 Å². The Hall–Kier alpha value is -1.06. The van der Waals surface area contributed by atoms with Gasteiger partial charge in [-0.25, -0.2) is 0 Å². The highest BCUT2D eigenvalue weighted by atomic mass is 16.4. The molecule has 0 radical (unpaired) electrons. The first kappa shape index (κ1) is 14.0. The van der Waals surface area contributed by atoms with Crippen LogP contribution < -0.4 is 0 Å². The monoisotopic (exact) mass is 241 g/mol. The Bertz CT molecular complexity index is 290. The van der Waals surface area contributed by atoms with Crippen molar-refractivity contribution < 1.29 is 14.7 Å². The third-order valence-electron chi connectivity index (χ3n) is 3.79. The molecule has 1 fully saturated rings. The summed E-state index contributed by atoms with van der Waals surface area (Å²) >= 11 is 0. The van der Waals surface area contributed by atoms with E-state index in [2.05, 4.69) is 13.8 Å². The molecule has 3 unspecified atom stereocenters. The first-order valence-electron chi connectivity index (χ1n) is 6.43. The third-order valence-corrected chi connectivity index (χ3v) is 3.79. The number of carbonyl (C=O) groups excluding carboxylic acids is 1. The second-order valence-corrected chi connectivity index (χ2v) is 5.28. The van der Waals surface area contributed by atoms with Crippen LogP contribution in [0.25, 0.3) is 0 Å². The van der Waals surface area contributed by atoms with E-state index in [-0.39, 0.29) is 17.7 Å². The number of carbonyl (C=O) groups is 2. The zero-order valence-corrected chi connectivity index (χ0v) is 11.0. The second kappa shape index (κ2) is 6.03. The maximum atomic E-state index is 12.1. The van der Waals surface area contributed by atoms with Crippen LogP contribution in [0.15, 0.2) is 0 Å². The van der Waals surface area contributed by atoms with Crippen molar-refractivity contribution in [1.82, 2.24) is 4.90 Å². The van der Waals surface area contributed by atoms with Gasteiger partial charge in [0, 0.05) is 19.5 Å². The fraction of sp³-hybridized carbons (Fsp3) is 0.846. The highest BCUT2D eigenvalue weighted by Crippen LogP contribution is 2.32. The van der Waals surface area contributed by atoms with Crippen molar-refractivity contribution in [3.05, 3.63) is 0 Å². The summed E-state index contributed by atoms with van der Waals surface area (Å²) in [7, 11) is 1.82. The normalized spacial score (nSPS) is 25.6. The molecule has 0 aromatic carbocycles. The van der Waals surface area contributed by atoms with Crippen molar-refractivity contribution in [2.45, 2.75) is 39.5 Å². The molecule has 17 heavy (non-hydrogen) atoms. The van der Waals surface area contributed by atoms with Crippen LogP contribution in [0.2, 0.25) is 0 Å². The molecule has 0 aromatic rings. The van der Waals surface area contributed by atoms with Gasteiger partial charge in [0.2, 0.25) is 5.91 Å². The van der Waals surface area contributed by atoms with Gasteiger partial charge in [0.25, 0.3) is 0 Å². The smallest absolute Gasteiger partial charge is 0.306 e. The van der Waals surface area contributed by atoms with Crippen LogP contribution in [0.3, 0.4) is 0 Å². The number of nitrogens with zero attached hydrogens (tertiary/aromatic N) is 1. The zero-order chi connectivity index (χ0) is 13.0. The lowest BCUT2D eigenvalue weighted by Crippen LogP contribution is -2.35. The van der Waals surface area contributed by atoms with Crippen LogP contribution in [-0.2, 0) is 9.59 Å². The summed E-state index contributed by atoms with van der Waals surface area (Å²) in [5, 5.41) is 8.91. The molecule has 1 N–H and O–H groups in total. The fourth-order valence-corrected chi connectivity index (χ4v) is 2.43. The predicted molar refractivity (Wildman–Crippen MR) is 65.6 cm³/mol. The van der Waals surface area contributed by atoms with Crippen molar-refractivity contribution in [1.29, 1.82) is 0 Å². The van der Waals surface area contributed by atoms with Crippen LogP contribution in [0, 0.1) is 17.8 Å². The van der Waals surface area contributed by atoms with Crippen molar-refractivity contribution in [3.8, 4) is 0 Å². The molecule has 98 valence electrons. The predicted octanol–water partition coefficient (Wildman–Crippen LogP) is 1.99. The molecule has 4 heteroatoms. The number of carboxylic acids is 1. The molecule has 0 saturated heterocycles. The Kier molecular flexibility index (Phi) is 4.97. The molecular weight excluding hydrogens is 218 g/mol. The SMILES string of the molecule is CCC(C)CN(C)C(=O)C1CCC(C(=O)O)C1. The fourth-order valence-electron chi connectivity index (χ4n) is 2.43. The Morgan fingerprint density at radius 2 is 1.94 bits per heavy atom. The number of carboxylic acid groups (broad SMARTS) is 1. The van der Waals surface area contributed by atoms with E-state index in [0.717, 1.165) is 19.4 Å². The molecule has 1 aliphatic carbocycles. The van der Waals surface area contributed by atoms with Gasteiger partial charge in [-0.15, -0.1) is 0 Å². The van der Waals surface area contributed by atoms with Gasteiger partial charge in [-0.2, -0.15) is 0 Å². The molecule has 1 amide bonds. The molecule has 0 aromatic heterocycles. The highest BCUT2D eigenvalue weighted by Gasteiger charge is 2.35. The first-order valence-corrected chi connectivity index (χ1v) is 6.43. The van der Waals surface area contributed by atoms with Gasteiger partial charge < -0.3 is 10.0 Å². The molecular formula is C13H23NO3. The quantitative estimate of drug-likeness (QED) is 0.800. The van der Waals surface area contributed by atoms with Crippen molar-refractivity contribution in [2.24, 2.45) is 17.8 Å². The van der Waals surface area contributed by atoms with E-state index >= 15 is 0 Å². The minimum atomic E-state index is -0.759. The Morgan fingerprint density at radius 1 is 1.35 bits per heavy atom. The lowest BCUT2D eigenvalue weighted by Gasteiger charge is -2.23. The van der Waals surface area contributed by atoms with Crippen molar-refractivity contribution in [3.63, 3.8) is 0 Å². The third kappa shape index (κ3) is 3.72. The van der Waals surface area contributed by atoms with Crippen LogP contribution in [0.4, 0.5) is 0 Å². The van der Waals surface area contributed by atoms with Crippen LogP contribution >= 0.6 is 0 Å². The maximum Gasteiger partial charge on any atom is 0.306 e. The van der Waals surface area contributed by atoms with Crippen LogP contribution in [0.1, 0.15) is 39.5 Å². The van der Waals surface area contributed by atoms with Crippen LogP contribution in [-0.4, -0.2) is 35.5 Å². The average molecular weight is 241 g/mol. The average Bonchev–Trinajstić information content (AvgIpc) is 2.77. The molecule has 1 rings (SSSR count). The summed E-state index contributed by atoms with van der Waals surface area (Å²) in [4.78, 5) is 24.7. The Labute approximate surface area is 103 Å². The summed E-state index contributed by atoms with van der Waals surface area (Å²) in [6.07, 6.45) is 2.93. The molecule has 4 nitrogen and oxygen atoms in total. The van der Waals surface area contributed by atoms with Crippen molar-refractivity contribution >= 4 is 11.9 Å². The largest absolute Gasteiger partial charge is 0.481 e. The molecule has 0 aliphatic heterocycles. The van der Waals surface area contributed by atoms with Gasteiger partial charge in [0.05, 0.1) is 5.92 Å². The van der Waals surface area contributed by atoms with E-state index in [1.807, 2.05) is 7.05 Å². The van der Waals surface area contributed by atoms with Gasteiger partial charge in [-0.1, -0.05) is 20.3 Å². The van der Waals surface area contributed by atoms with E-state index in [4.69, 9.17) is 5.11 Å². The summed E-state index contributed by atoms with van der Waals surface area (Å²) in [5.74, 6) is -0.536. The molecule has 0 spiro atoms. The Balaban J connectivity index is 2.46. The maximum absolute atomic E-state index is 12.1. The van der Waals surface area contributed by atoms with E-state index in [0.29, 0.717) is 18.8 Å². The number of hydrogen-bond donors (Lipinski definition) is 1. The molecule has 0 heterocycles. The topological polar surface area (TPSA) is 57.6 Å². The van der Waals surface area contributed by atoms with Gasteiger partial charge in [0.15, 0.2) is 0 Å². The molecule has 1 saturated carbocycles. The van der Waals surface area contributed by atoms with Gasteiger partial charge in [-0.3, -0.25) is 9.59 Å². The lowest BCUT2D eigenvalue weighted by molar-refractivity contribution is -0.141. The summed E-state index contributed by atoms with van der Waals surface area (Å²) in [6.45, 7) is 5.00. The molecule has 1 aliphatic rings. The minimum absolute atomic E-state index is 0.0786. The second-order valence-electron chi connectivity index (χ2n) is 5.28. The van der Waals surface area contributed by atoms with Crippen LogP contribution in [0.5, 0.6) is 0 Å². The minimum Gasteiger partial charge on any atom is -0.481 e. The van der Waals surface area contributed by atoms with Gasteiger partial charge in [0.1, 0.15) is 0 Å². The molecule has 0 bridgehead atoms. The van der Waals surface area contributed by atoms with E-state index in [9.17, 15) is 9.59 Å². The number of amides is 1. The first-order chi connectivity index (χ1) is 7.95. The number of rotatable bonds is 5. The summed E-state index contributed by atoms with van der Waals surface area (Å²) in [5.41, 5.74) is 0. The molecule has 3 atom stereocenters. The Morgan fingerprint density at radius 3 is 2.41 bits per heavy atom. The summed E-state index contributed by atoms with van der Waals surface area (Å²) < 4.78 is 0. The van der Waals surface area contributed by atoms with E-state index in [1.165, 1.54) is 0 Å². The van der Waals surface area contributed by atoms with Crippen molar-refractivity contribution in [2.75, 3.05) is 13.6 Å². The summed E-state index contributed by atoms with van der Waals surface area (Å²) in [6, 6.07) is 0. The highest BCUT2D eigenvalue weighted by molar-refractivity contribution is 5.80. The van der Waals surface area contributed by atoms with E-state index in [1.54, 1.807) is 4.90 Å². The lowest BCUT2D eigenvalue weighted by atomic mass is 10.0. The number of hydrogen-bond acceptors (Lipinski definition) is 2. The number of aliphatic carboxylic acids is 1.